The number of likely N-dealkylation sites (tertiary alicyclic amines) is 1. The first-order valence-corrected chi connectivity index (χ1v) is 7.42. The number of amides is 1. The maximum Gasteiger partial charge on any atom is 0.410 e. The summed E-state index contributed by atoms with van der Waals surface area (Å²) in [7, 11) is 0. The number of ether oxygens (including phenoxy) is 1. The molecule has 1 aliphatic heterocycles. The highest BCUT2D eigenvalue weighted by molar-refractivity contribution is 5.68. The molecule has 3 rings (SSSR count). The van der Waals surface area contributed by atoms with E-state index in [1.54, 1.807) is 0 Å². The molecule has 2 aliphatic carbocycles. The smallest absolute Gasteiger partial charge is 0.410 e. The normalized spacial score (nSPS) is 38.7. The summed E-state index contributed by atoms with van der Waals surface area (Å²) in [5.74, 6) is 3.42. The van der Waals surface area contributed by atoms with Crippen molar-refractivity contribution in [1.29, 1.82) is 0 Å². The second-order valence-corrected chi connectivity index (χ2v) is 7.40. The molecule has 0 aromatic carbocycles. The van der Waals surface area contributed by atoms with E-state index in [0.29, 0.717) is 0 Å². The van der Waals surface area contributed by atoms with Gasteiger partial charge >= 0.3 is 6.09 Å². The minimum absolute atomic E-state index is 0.104. The zero-order chi connectivity index (χ0) is 12.9. The summed E-state index contributed by atoms with van der Waals surface area (Å²) in [6, 6.07) is 0. The van der Waals surface area contributed by atoms with Gasteiger partial charge < -0.3 is 9.64 Å². The molecule has 0 N–H and O–H groups in total. The molecule has 0 radical (unpaired) electrons. The van der Waals surface area contributed by atoms with E-state index in [9.17, 15) is 4.79 Å². The molecule has 0 bridgehead atoms. The van der Waals surface area contributed by atoms with E-state index >= 15 is 0 Å². The second-order valence-electron chi connectivity index (χ2n) is 7.40. The van der Waals surface area contributed by atoms with Gasteiger partial charge in [-0.2, -0.15) is 0 Å². The SMILES string of the molecule is CC(C)(C)OC(=O)N1CC2CCCC3CC3C2C1. The molecule has 4 unspecified atom stereocenters. The van der Waals surface area contributed by atoms with Crippen molar-refractivity contribution in [2.45, 2.75) is 52.1 Å². The quantitative estimate of drug-likeness (QED) is 0.661. The summed E-state index contributed by atoms with van der Waals surface area (Å²) >= 11 is 0. The number of hydrogen-bond donors (Lipinski definition) is 0. The molecular formula is C15H25NO2. The highest BCUT2D eigenvalue weighted by atomic mass is 16.6. The van der Waals surface area contributed by atoms with E-state index in [2.05, 4.69) is 0 Å². The van der Waals surface area contributed by atoms with Crippen LogP contribution in [0.15, 0.2) is 0 Å². The monoisotopic (exact) mass is 251 g/mol. The highest BCUT2D eigenvalue weighted by Gasteiger charge is 2.51. The lowest BCUT2D eigenvalue weighted by Gasteiger charge is -2.24. The zero-order valence-electron chi connectivity index (χ0n) is 11.8. The van der Waals surface area contributed by atoms with E-state index in [1.807, 2.05) is 25.7 Å². The third-order valence-corrected chi connectivity index (χ3v) is 4.82. The van der Waals surface area contributed by atoms with E-state index in [0.717, 1.165) is 36.8 Å². The fourth-order valence-corrected chi connectivity index (χ4v) is 3.93. The maximum atomic E-state index is 12.1. The Balaban J connectivity index is 1.62. The Labute approximate surface area is 110 Å². The van der Waals surface area contributed by atoms with Crippen LogP contribution in [0.5, 0.6) is 0 Å². The topological polar surface area (TPSA) is 29.5 Å². The van der Waals surface area contributed by atoms with Gasteiger partial charge in [0.15, 0.2) is 0 Å². The van der Waals surface area contributed by atoms with Crippen molar-refractivity contribution in [1.82, 2.24) is 4.90 Å². The van der Waals surface area contributed by atoms with Crippen molar-refractivity contribution in [3.05, 3.63) is 0 Å². The van der Waals surface area contributed by atoms with Crippen LogP contribution in [0.4, 0.5) is 4.79 Å². The van der Waals surface area contributed by atoms with Gasteiger partial charge in [0, 0.05) is 13.1 Å². The Morgan fingerprint density at radius 2 is 1.83 bits per heavy atom. The van der Waals surface area contributed by atoms with Gasteiger partial charge in [0.1, 0.15) is 5.60 Å². The molecule has 102 valence electrons. The summed E-state index contributed by atoms with van der Waals surface area (Å²) < 4.78 is 5.49. The molecule has 0 aromatic rings. The molecule has 1 heterocycles. The van der Waals surface area contributed by atoms with Gasteiger partial charge in [-0.25, -0.2) is 4.79 Å². The number of carbonyl (C=O) groups is 1. The standard InChI is InChI=1S/C15H25NO2/c1-15(2,3)18-14(17)16-8-11-6-4-5-10-7-12(10)13(11)9-16/h10-13H,4-9H2,1-3H3. The van der Waals surface area contributed by atoms with Gasteiger partial charge in [0.25, 0.3) is 0 Å². The lowest BCUT2D eigenvalue weighted by Crippen LogP contribution is -2.35. The van der Waals surface area contributed by atoms with Crippen LogP contribution < -0.4 is 0 Å². The molecule has 2 saturated carbocycles. The average molecular weight is 251 g/mol. The molecule has 3 aliphatic rings. The van der Waals surface area contributed by atoms with Crippen molar-refractivity contribution in [2.24, 2.45) is 23.7 Å². The first-order chi connectivity index (χ1) is 8.44. The van der Waals surface area contributed by atoms with Crippen LogP contribution in [0, 0.1) is 23.7 Å². The van der Waals surface area contributed by atoms with Crippen LogP contribution in [0.25, 0.3) is 0 Å². The van der Waals surface area contributed by atoms with Crippen molar-refractivity contribution in [3.8, 4) is 0 Å². The fraction of sp³-hybridized carbons (Fsp3) is 0.933. The summed E-state index contributed by atoms with van der Waals surface area (Å²) in [4.78, 5) is 14.1. The first kappa shape index (κ1) is 12.3. The molecule has 4 atom stereocenters. The molecule has 1 saturated heterocycles. The molecule has 0 aromatic heterocycles. The second kappa shape index (κ2) is 4.14. The predicted octanol–water partition coefficient (Wildman–Crippen LogP) is 3.29. The minimum atomic E-state index is -0.371. The Hall–Kier alpha value is -0.730. The van der Waals surface area contributed by atoms with Crippen molar-refractivity contribution < 1.29 is 9.53 Å². The molecule has 3 nitrogen and oxygen atoms in total. The summed E-state index contributed by atoms with van der Waals surface area (Å²) in [5, 5.41) is 0. The molecule has 3 fully saturated rings. The van der Waals surface area contributed by atoms with Crippen LogP contribution in [0.1, 0.15) is 46.5 Å². The predicted molar refractivity (Wildman–Crippen MR) is 70.2 cm³/mol. The molecular weight excluding hydrogens is 226 g/mol. The zero-order valence-corrected chi connectivity index (χ0v) is 11.8. The first-order valence-electron chi connectivity index (χ1n) is 7.42. The van der Waals surface area contributed by atoms with E-state index < -0.39 is 0 Å². The van der Waals surface area contributed by atoms with Crippen molar-refractivity contribution in [3.63, 3.8) is 0 Å². The third-order valence-electron chi connectivity index (χ3n) is 4.82. The third kappa shape index (κ3) is 2.36. The number of fused-ring (bicyclic) bond motifs is 3. The van der Waals surface area contributed by atoms with E-state index in [-0.39, 0.29) is 11.7 Å². The van der Waals surface area contributed by atoms with Crippen LogP contribution in [-0.4, -0.2) is 29.7 Å². The molecule has 3 heteroatoms. The van der Waals surface area contributed by atoms with Gasteiger partial charge in [-0.1, -0.05) is 12.8 Å². The highest BCUT2D eigenvalue weighted by Crippen LogP contribution is 2.55. The van der Waals surface area contributed by atoms with E-state index in [1.165, 1.54) is 25.7 Å². The number of nitrogens with zero attached hydrogens (tertiary/aromatic N) is 1. The van der Waals surface area contributed by atoms with Crippen LogP contribution in [0.3, 0.4) is 0 Å². The van der Waals surface area contributed by atoms with Crippen molar-refractivity contribution in [2.75, 3.05) is 13.1 Å². The summed E-state index contributed by atoms with van der Waals surface area (Å²) in [6.07, 6.45) is 5.43. The Kier molecular flexibility index (Phi) is 2.83. The fourth-order valence-electron chi connectivity index (χ4n) is 3.93. The largest absolute Gasteiger partial charge is 0.444 e. The summed E-state index contributed by atoms with van der Waals surface area (Å²) in [6.45, 7) is 7.70. The van der Waals surface area contributed by atoms with Gasteiger partial charge in [0.2, 0.25) is 0 Å². The Morgan fingerprint density at radius 3 is 2.56 bits per heavy atom. The minimum Gasteiger partial charge on any atom is -0.444 e. The van der Waals surface area contributed by atoms with Gasteiger partial charge in [0.05, 0.1) is 0 Å². The lowest BCUT2D eigenvalue weighted by atomic mass is 9.89. The van der Waals surface area contributed by atoms with Gasteiger partial charge in [-0.15, -0.1) is 0 Å². The Bertz CT molecular complexity index is 347. The Morgan fingerprint density at radius 1 is 1.11 bits per heavy atom. The molecule has 1 amide bonds. The molecule has 18 heavy (non-hydrogen) atoms. The van der Waals surface area contributed by atoms with Crippen LogP contribution in [0.2, 0.25) is 0 Å². The number of carbonyl (C=O) groups excluding carboxylic acids is 1. The molecule has 0 spiro atoms. The van der Waals surface area contributed by atoms with Crippen LogP contribution >= 0.6 is 0 Å². The average Bonchev–Trinajstić information content (AvgIpc) is 2.90. The number of hydrogen-bond acceptors (Lipinski definition) is 2. The van der Waals surface area contributed by atoms with Crippen molar-refractivity contribution >= 4 is 6.09 Å². The lowest BCUT2D eigenvalue weighted by molar-refractivity contribution is 0.0281. The van der Waals surface area contributed by atoms with Gasteiger partial charge in [-0.3, -0.25) is 0 Å². The van der Waals surface area contributed by atoms with Crippen LogP contribution in [-0.2, 0) is 4.74 Å². The maximum absolute atomic E-state index is 12.1. The van der Waals surface area contributed by atoms with E-state index in [4.69, 9.17) is 4.74 Å². The number of rotatable bonds is 0. The summed E-state index contributed by atoms with van der Waals surface area (Å²) in [5.41, 5.74) is -0.371. The van der Waals surface area contributed by atoms with Gasteiger partial charge in [-0.05, 0) is 57.3 Å².